The quantitative estimate of drug-likeness (QED) is 0.913. The summed E-state index contributed by atoms with van der Waals surface area (Å²) in [5.74, 6) is -0.450. The van der Waals surface area contributed by atoms with Crippen molar-refractivity contribution in [2.75, 3.05) is 0 Å². The molecule has 2 aromatic heterocycles. The van der Waals surface area contributed by atoms with Crippen LogP contribution in [0.2, 0.25) is 0 Å². The normalized spacial score (nSPS) is 9.35. The summed E-state index contributed by atoms with van der Waals surface area (Å²) in [6, 6.07) is 3.11. The van der Waals surface area contributed by atoms with Gasteiger partial charge in [-0.3, -0.25) is 4.98 Å². The molecule has 0 atom stereocenters. The highest BCUT2D eigenvalue weighted by Crippen LogP contribution is 2.18. The van der Waals surface area contributed by atoms with Gasteiger partial charge < -0.3 is 9.67 Å². The number of carboxylic acid groups (broad SMARTS) is 1. The predicted octanol–water partition coefficient (Wildman–Crippen LogP) is 2.56. The van der Waals surface area contributed by atoms with E-state index >= 15 is 0 Å². The molecule has 0 unspecified atom stereocenters. The Balaban J connectivity index is 0.000000686. The monoisotopic (exact) mass is 273 g/mol. The molecule has 0 aliphatic rings. The van der Waals surface area contributed by atoms with Crippen LogP contribution in [0, 0.1) is 0 Å². The molecule has 17 heavy (non-hydrogen) atoms. The highest BCUT2D eigenvalue weighted by molar-refractivity contribution is 6.85. The van der Waals surface area contributed by atoms with Crippen molar-refractivity contribution in [1.29, 1.82) is 0 Å². The van der Waals surface area contributed by atoms with E-state index in [1.807, 2.05) is 0 Å². The molecule has 0 aromatic carbocycles. The van der Waals surface area contributed by atoms with E-state index in [0.29, 0.717) is 11.5 Å². The van der Waals surface area contributed by atoms with Crippen molar-refractivity contribution in [3.8, 4) is 11.5 Å². The van der Waals surface area contributed by atoms with E-state index in [2.05, 4.69) is 31.7 Å². The first-order valence-electron chi connectivity index (χ1n) is 4.50. The maximum atomic E-state index is 11.0. The number of aromatic nitrogens is 3. The van der Waals surface area contributed by atoms with Gasteiger partial charge >= 0.3 is 5.97 Å². The second kappa shape index (κ2) is 6.22. The summed E-state index contributed by atoms with van der Waals surface area (Å²) in [6.45, 7) is 0. The molecule has 0 bridgehead atoms. The number of nitrogens with zero attached hydrogens (tertiary/aromatic N) is 3. The second-order valence-corrected chi connectivity index (χ2v) is 3.07. The number of imidazole rings is 1. The highest BCUT2D eigenvalue weighted by atomic mass is 36.5. The van der Waals surface area contributed by atoms with Crippen LogP contribution in [0.3, 0.4) is 0 Å². The molecule has 2 heterocycles. The Morgan fingerprint density at radius 3 is 2.59 bits per heavy atom. The van der Waals surface area contributed by atoms with Crippen molar-refractivity contribution in [2.45, 2.75) is 0 Å². The third kappa shape index (κ3) is 2.95. The molecule has 2 rings (SSSR count). The van der Waals surface area contributed by atoms with Gasteiger partial charge in [0.1, 0.15) is 5.69 Å². The SMILES string of the molecule is ClCl.Cn1ccnc1-c1ncccc1C(=O)O. The maximum absolute atomic E-state index is 11.0. The first-order chi connectivity index (χ1) is 8.20. The lowest BCUT2D eigenvalue weighted by Gasteiger charge is -2.03. The fraction of sp³-hybridized carbons (Fsp3) is 0.100. The zero-order valence-electron chi connectivity index (χ0n) is 8.84. The van der Waals surface area contributed by atoms with Crippen molar-refractivity contribution in [3.05, 3.63) is 36.3 Å². The summed E-state index contributed by atoms with van der Waals surface area (Å²) in [5, 5.41) is 8.98. The molecule has 0 aliphatic heterocycles. The zero-order valence-corrected chi connectivity index (χ0v) is 10.4. The standard InChI is InChI=1S/C10H9N3O2.Cl2/c1-13-6-5-12-9(13)8-7(10(14)15)3-2-4-11-8;1-2/h2-6H,1H3,(H,14,15);. The van der Waals surface area contributed by atoms with Crippen LogP contribution in [-0.4, -0.2) is 25.6 Å². The van der Waals surface area contributed by atoms with Crippen molar-refractivity contribution in [3.63, 3.8) is 0 Å². The van der Waals surface area contributed by atoms with Crippen LogP contribution in [0.4, 0.5) is 0 Å². The minimum absolute atomic E-state index is 0.159. The molecule has 0 fully saturated rings. The minimum atomic E-state index is -0.999. The number of carboxylic acids is 1. The molecule has 1 N–H and O–H groups in total. The van der Waals surface area contributed by atoms with Crippen LogP contribution in [0.25, 0.3) is 11.5 Å². The predicted molar refractivity (Wildman–Crippen MR) is 65.1 cm³/mol. The van der Waals surface area contributed by atoms with Gasteiger partial charge in [-0.15, -0.1) is 0 Å². The first-order valence-corrected chi connectivity index (χ1v) is 5.64. The van der Waals surface area contributed by atoms with Crippen LogP contribution >= 0.6 is 21.7 Å². The van der Waals surface area contributed by atoms with Gasteiger partial charge in [-0.2, -0.15) is 0 Å². The van der Waals surface area contributed by atoms with Crippen LogP contribution in [0.5, 0.6) is 0 Å². The lowest BCUT2D eigenvalue weighted by Crippen LogP contribution is -2.04. The fourth-order valence-electron chi connectivity index (χ4n) is 1.35. The van der Waals surface area contributed by atoms with Crippen molar-refractivity contribution in [1.82, 2.24) is 14.5 Å². The van der Waals surface area contributed by atoms with Gasteiger partial charge in [0.25, 0.3) is 0 Å². The van der Waals surface area contributed by atoms with Crippen molar-refractivity contribution >= 4 is 27.7 Å². The molecular weight excluding hydrogens is 265 g/mol. The van der Waals surface area contributed by atoms with Crippen LogP contribution in [-0.2, 0) is 7.05 Å². The lowest BCUT2D eigenvalue weighted by atomic mass is 10.2. The van der Waals surface area contributed by atoms with E-state index in [0.717, 1.165) is 0 Å². The van der Waals surface area contributed by atoms with Gasteiger partial charge in [0.15, 0.2) is 5.82 Å². The Kier molecular flexibility index (Phi) is 4.93. The van der Waals surface area contributed by atoms with E-state index in [9.17, 15) is 4.79 Å². The average Bonchev–Trinajstić information content (AvgIpc) is 2.78. The number of hydrogen-bond acceptors (Lipinski definition) is 3. The molecule has 0 aliphatic carbocycles. The largest absolute Gasteiger partial charge is 0.478 e. The number of rotatable bonds is 2. The molecule has 2 aromatic rings. The summed E-state index contributed by atoms with van der Waals surface area (Å²) < 4.78 is 1.73. The van der Waals surface area contributed by atoms with E-state index < -0.39 is 5.97 Å². The number of carbonyl (C=O) groups is 1. The lowest BCUT2D eigenvalue weighted by molar-refractivity contribution is 0.0697. The summed E-state index contributed by atoms with van der Waals surface area (Å²) in [6.07, 6.45) is 4.90. The van der Waals surface area contributed by atoms with Crippen LogP contribution in [0.1, 0.15) is 10.4 Å². The summed E-state index contributed by atoms with van der Waals surface area (Å²) in [5.41, 5.74) is 0.546. The Bertz CT molecular complexity index is 514. The summed E-state index contributed by atoms with van der Waals surface area (Å²) in [7, 11) is 10.0. The minimum Gasteiger partial charge on any atom is -0.478 e. The molecular formula is C10H9Cl2N3O2. The third-order valence-electron chi connectivity index (χ3n) is 2.07. The Morgan fingerprint density at radius 2 is 2.06 bits per heavy atom. The van der Waals surface area contributed by atoms with Gasteiger partial charge in [-0.1, -0.05) is 0 Å². The van der Waals surface area contributed by atoms with E-state index in [4.69, 9.17) is 5.11 Å². The Labute approximate surface area is 107 Å². The Hall–Kier alpha value is -1.59. The van der Waals surface area contributed by atoms with Crippen molar-refractivity contribution < 1.29 is 9.90 Å². The first kappa shape index (κ1) is 13.5. The topological polar surface area (TPSA) is 68.0 Å². The molecule has 90 valence electrons. The van der Waals surface area contributed by atoms with E-state index in [1.165, 1.54) is 6.07 Å². The number of aromatic carboxylic acids is 1. The molecule has 0 saturated carbocycles. The van der Waals surface area contributed by atoms with Gasteiger partial charge in [-0.05, 0) is 12.1 Å². The van der Waals surface area contributed by atoms with Gasteiger partial charge in [0.2, 0.25) is 0 Å². The van der Waals surface area contributed by atoms with Gasteiger partial charge in [0.05, 0.1) is 5.56 Å². The van der Waals surface area contributed by atoms with Crippen molar-refractivity contribution in [2.24, 2.45) is 7.05 Å². The van der Waals surface area contributed by atoms with E-state index in [1.54, 1.807) is 36.3 Å². The van der Waals surface area contributed by atoms with Gasteiger partial charge in [-0.25, -0.2) is 9.78 Å². The number of hydrogen-bond donors (Lipinski definition) is 1. The summed E-state index contributed by atoms with van der Waals surface area (Å²) in [4.78, 5) is 19.1. The Morgan fingerprint density at radius 1 is 1.35 bits per heavy atom. The highest BCUT2D eigenvalue weighted by Gasteiger charge is 2.15. The summed E-state index contributed by atoms with van der Waals surface area (Å²) >= 11 is 0. The molecule has 5 nitrogen and oxygen atoms in total. The smallest absolute Gasteiger partial charge is 0.338 e. The maximum Gasteiger partial charge on any atom is 0.338 e. The average molecular weight is 274 g/mol. The third-order valence-corrected chi connectivity index (χ3v) is 2.07. The number of halogens is 2. The fourth-order valence-corrected chi connectivity index (χ4v) is 1.35. The van der Waals surface area contributed by atoms with E-state index in [-0.39, 0.29) is 5.56 Å². The van der Waals surface area contributed by atoms with Crippen LogP contribution < -0.4 is 0 Å². The number of pyridine rings is 1. The molecule has 0 spiro atoms. The molecule has 0 amide bonds. The molecule has 0 saturated heterocycles. The number of aryl methyl sites for hydroxylation is 1. The van der Waals surface area contributed by atoms with Gasteiger partial charge in [0, 0.05) is 47.3 Å². The van der Waals surface area contributed by atoms with Crippen LogP contribution in [0.15, 0.2) is 30.7 Å². The molecule has 7 heteroatoms. The second-order valence-electron chi connectivity index (χ2n) is 3.07. The molecule has 0 radical (unpaired) electrons. The zero-order chi connectivity index (χ0) is 12.8.